The van der Waals surface area contributed by atoms with Crippen LogP contribution in [0, 0.1) is 0 Å². The van der Waals surface area contributed by atoms with Crippen LogP contribution in [0.2, 0.25) is 0 Å². The Labute approximate surface area is 110 Å². The predicted octanol–water partition coefficient (Wildman–Crippen LogP) is 0.883. The van der Waals surface area contributed by atoms with Crippen molar-refractivity contribution in [3.05, 3.63) is 39.8 Å². The summed E-state index contributed by atoms with van der Waals surface area (Å²) in [4.78, 5) is 28.7. The predicted molar refractivity (Wildman–Crippen MR) is 74.3 cm³/mol. The van der Waals surface area contributed by atoms with E-state index < -0.39 is 0 Å². The molecule has 0 spiro atoms. The van der Waals surface area contributed by atoms with Gasteiger partial charge in [-0.2, -0.15) is 0 Å². The average molecular weight is 262 g/mol. The van der Waals surface area contributed by atoms with Crippen molar-refractivity contribution in [1.29, 1.82) is 0 Å². The van der Waals surface area contributed by atoms with Gasteiger partial charge >= 0.3 is 5.69 Å². The van der Waals surface area contributed by atoms with Crippen molar-refractivity contribution >= 4 is 11.2 Å². The fraction of sp³-hybridized carbons (Fsp3) is 0.462. The zero-order chi connectivity index (χ0) is 14.0. The maximum absolute atomic E-state index is 12.4. The van der Waals surface area contributed by atoms with E-state index in [1.54, 1.807) is 19.5 Å². The summed E-state index contributed by atoms with van der Waals surface area (Å²) in [5, 5.41) is 0. The maximum Gasteiger partial charge on any atom is 0.332 e. The highest BCUT2D eigenvalue weighted by Gasteiger charge is 2.15. The fourth-order valence-electron chi connectivity index (χ4n) is 2.15. The summed E-state index contributed by atoms with van der Waals surface area (Å²) in [6.45, 7) is 6.71. The molecule has 0 amide bonds. The Morgan fingerprint density at radius 3 is 2.74 bits per heavy atom. The molecule has 102 valence electrons. The van der Waals surface area contributed by atoms with E-state index in [2.05, 4.69) is 11.6 Å². The Bertz CT molecular complexity index is 721. The molecule has 6 heteroatoms. The molecule has 2 aromatic rings. The lowest BCUT2D eigenvalue weighted by Gasteiger charge is -2.08. The number of nitrogens with zero attached hydrogens (tertiary/aromatic N) is 4. The Kier molecular flexibility index (Phi) is 3.69. The molecule has 0 aliphatic heterocycles. The van der Waals surface area contributed by atoms with Gasteiger partial charge in [0.15, 0.2) is 11.2 Å². The standard InChI is InChI=1S/C13H18N4O2/c1-4-6-8-17-12(18)10-11(15(3)13(17)19)14-9-16(10)7-5-2/h4,9H,1,5-8H2,2-3H3. The molecule has 0 saturated heterocycles. The summed E-state index contributed by atoms with van der Waals surface area (Å²) in [5.41, 5.74) is 0.332. The van der Waals surface area contributed by atoms with Crippen LogP contribution < -0.4 is 11.2 Å². The van der Waals surface area contributed by atoms with E-state index in [1.807, 2.05) is 11.5 Å². The Morgan fingerprint density at radius 1 is 1.37 bits per heavy atom. The van der Waals surface area contributed by atoms with Crippen molar-refractivity contribution in [3.8, 4) is 0 Å². The lowest BCUT2D eigenvalue weighted by molar-refractivity contribution is 0.604. The Morgan fingerprint density at radius 2 is 2.11 bits per heavy atom. The lowest BCUT2D eigenvalue weighted by atomic mass is 10.4. The highest BCUT2D eigenvalue weighted by Crippen LogP contribution is 2.06. The normalized spacial score (nSPS) is 11.1. The van der Waals surface area contributed by atoms with E-state index in [1.165, 1.54) is 9.13 Å². The molecule has 0 fully saturated rings. The fourth-order valence-corrected chi connectivity index (χ4v) is 2.15. The first-order chi connectivity index (χ1) is 9.11. The molecule has 0 saturated carbocycles. The summed E-state index contributed by atoms with van der Waals surface area (Å²) in [5.74, 6) is 0. The lowest BCUT2D eigenvalue weighted by Crippen LogP contribution is -2.39. The minimum Gasteiger partial charge on any atom is -0.325 e. The second kappa shape index (κ2) is 5.26. The van der Waals surface area contributed by atoms with Crippen molar-refractivity contribution in [3.63, 3.8) is 0 Å². The second-order valence-electron chi connectivity index (χ2n) is 4.49. The van der Waals surface area contributed by atoms with E-state index in [0.29, 0.717) is 30.7 Å². The number of imidazole rings is 1. The number of aromatic nitrogens is 4. The van der Waals surface area contributed by atoms with Crippen molar-refractivity contribution < 1.29 is 0 Å². The van der Waals surface area contributed by atoms with Gasteiger partial charge in [0.25, 0.3) is 5.56 Å². The SMILES string of the molecule is C=CCCn1c(=O)c2c(ncn2CCC)n(C)c1=O. The minimum atomic E-state index is -0.332. The molecule has 2 heterocycles. The van der Waals surface area contributed by atoms with Gasteiger partial charge in [-0.15, -0.1) is 6.58 Å². The third kappa shape index (κ3) is 2.14. The second-order valence-corrected chi connectivity index (χ2v) is 4.49. The van der Waals surface area contributed by atoms with E-state index in [9.17, 15) is 9.59 Å². The van der Waals surface area contributed by atoms with Crippen LogP contribution in [-0.2, 0) is 20.1 Å². The average Bonchev–Trinajstić information content (AvgIpc) is 2.81. The van der Waals surface area contributed by atoms with Gasteiger partial charge in [0.1, 0.15) is 0 Å². The quantitative estimate of drug-likeness (QED) is 0.752. The zero-order valence-corrected chi connectivity index (χ0v) is 11.3. The van der Waals surface area contributed by atoms with Crippen LogP contribution in [0.15, 0.2) is 28.6 Å². The number of hydrogen-bond donors (Lipinski definition) is 0. The van der Waals surface area contributed by atoms with E-state index in [-0.39, 0.29) is 11.2 Å². The maximum atomic E-state index is 12.4. The first-order valence-corrected chi connectivity index (χ1v) is 6.37. The zero-order valence-electron chi connectivity index (χ0n) is 11.3. The third-order valence-corrected chi connectivity index (χ3v) is 3.12. The monoisotopic (exact) mass is 262 g/mol. The van der Waals surface area contributed by atoms with Crippen LogP contribution in [-0.4, -0.2) is 18.7 Å². The molecule has 2 aromatic heterocycles. The molecule has 19 heavy (non-hydrogen) atoms. The van der Waals surface area contributed by atoms with Gasteiger partial charge in [-0.25, -0.2) is 9.78 Å². The highest BCUT2D eigenvalue weighted by molar-refractivity contribution is 5.69. The Hall–Kier alpha value is -2.11. The van der Waals surface area contributed by atoms with Gasteiger partial charge in [-0.05, 0) is 12.8 Å². The minimum absolute atomic E-state index is 0.272. The van der Waals surface area contributed by atoms with Crippen LogP contribution in [0.3, 0.4) is 0 Å². The molecule has 6 nitrogen and oxygen atoms in total. The number of aryl methyl sites for hydroxylation is 2. The van der Waals surface area contributed by atoms with Crippen LogP contribution in [0.1, 0.15) is 19.8 Å². The van der Waals surface area contributed by atoms with Gasteiger partial charge in [-0.1, -0.05) is 13.0 Å². The van der Waals surface area contributed by atoms with E-state index in [0.717, 1.165) is 6.42 Å². The molecule has 0 N–H and O–H groups in total. The summed E-state index contributed by atoms with van der Waals surface area (Å²) < 4.78 is 4.48. The van der Waals surface area contributed by atoms with Crippen LogP contribution in [0.4, 0.5) is 0 Å². The summed E-state index contributed by atoms with van der Waals surface area (Å²) >= 11 is 0. The van der Waals surface area contributed by atoms with Crippen molar-refractivity contribution in [2.45, 2.75) is 32.9 Å². The molecule has 2 rings (SSSR count). The van der Waals surface area contributed by atoms with Crippen LogP contribution >= 0.6 is 0 Å². The summed E-state index contributed by atoms with van der Waals surface area (Å²) in [6, 6.07) is 0. The summed E-state index contributed by atoms with van der Waals surface area (Å²) in [6.07, 6.45) is 4.80. The molecule has 0 aromatic carbocycles. The topological polar surface area (TPSA) is 61.8 Å². The van der Waals surface area contributed by atoms with Crippen molar-refractivity contribution in [2.75, 3.05) is 0 Å². The molecule has 0 aliphatic rings. The first-order valence-electron chi connectivity index (χ1n) is 6.37. The van der Waals surface area contributed by atoms with Gasteiger partial charge in [0.05, 0.1) is 6.33 Å². The van der Waals surface area contributed by atoms with E-state index in [4.69, 9.17) is 0 Å². The Balaban J connectivity index is 2.76. The van der Waals surface area contributed by atoms with Crippen molar-refractivity contribution in [1.82, 2.24) is 18.7 Å². The molecule has 0 aliphatic carbocycles. The third-order valence-electron chi connectivity index (χ3n) is 3.12. The smallest absolute Gasteiger partial charge is 0.325 e. The summed E-state index contributed by atoms with van der Waals surface area (Å²) in [7, 11) is 1.64. The van der Waals surface area contributed by atoms with Gasteiger partial charge in [0.2, 0.25) is 0 Å². The highest BCUT2D eigenvalue weighted by atomic mass is 16.2. The van der Waals surface area contributed by atoms with Crippen molar-refractivity contribution in [2.24, 2.45) is 7.05 Å². The van der Waals surface area contributed by atoms with Gasteiger partial charge in [0, 0.05) is 20.1 Å². The number of hydrogen-bond acceptors (Lipinski definition) is 3. The first kappa shape index (κ1) is 13.3. The molecular formula is C13H18N4O2. The van der Waals surface area contributed by atoms with Gasteiger partial charge in [-0.3, -0.25) is 13.9 Å². The van der Waals surface area contributed by atoms with E-state index >= 15 is 0 Å². The molecule has 0 unspecified atom stereocenters. The van der Waals surface area contributed by atoms with Crippen LogP contribution in [0.25, 0.3) is 11.2 Å². The molecule has 0 radical (unpaired) electrons. The molecular weight excluding hydrogens is 244 g/mol. The number of allylic oxidation sites excluding steroid dienone is 1. The van der Waals surface area contributed by atoms with Crippen LogP contribution in [0.5, 0.6) is 0 Å². The van der Waals surface area contributed by atoms with Gasteiger partial charge < -0.3 is 4.57 Å². The molecule has 0 bridgehead atoms. The molecule has 0 atom stereocenters. The number of fused-ring (bicyclic) bond motifs is 1. The largest absolute Gasteiger partial charge is 0.332 e. The number of rotatable bonds is 5.